The first kappa shape index (κ1) is 25.2. The fourth-order valence-corrected chi connectivity index (χ4v) is 6.80. The quantitative estimate of drug-likeness (QED) is 0.384. The number of piperazine rings is 1. The van der Waals surface area contributed by atoms with Crippen molar-refractivity contribution < 1.29 is 17.6 Å². The molecule has 0 radical (unpaired) electrons. The Morgan fingerprint density at radius 3 is 2.59 bits per heavy atom. The molecule has 1 N–H and O–H groups in total. The third-order valence-corrected chi connectivity index (χ3v) is 8.99. The van der Waals surface area contributed by atoms with Gasteiger partial charge in [0.1, 0.15) is 11.9 Å². The zero-order chi connectivity index (χ0) is 26.3. The first-order valence-corrected chi connectivity index (χ1v) is 14.4. The highest BCUT2D eigenvalue weighted by Gasteiger charge is 2.32. The molecule has 37 heavy (non-hydrogen) atoms. The number of hydrogen-bond acceptors (Lipinski definition) is 6. The molecular formula is C26H28FN5O3S2. The third kappa shape index (κ3) is 4.93. The Kier molecular flexibility index (Phi) is 6.67. The number of fused-ring (bicyclic) bond motifs is 1. The Bertz CT molecular complexity index is 1530. The van der Waals surface area contributed by atoms with Gasteiger partial charge < -0.3 is 14.4 Å². The van der Waals surface area contributed by atoms with Crippen LogP contribution in [-0.2, 0) is 14.8 Å². The summed E-state index contributed by atoms with van der Waals surface area (Å²) < 4.78 is 43.4. The second-order valence-electron chi connectivity index (χ2n) is 9.30. The van der Waals surface area contributed by atoms with Crippen LogP contribution in [0, 0.1) is 12.7 Å². The Morgan fingerprint density at radius 1 is 1.16 bits per heavy atom. The van der Waals surface area contributed by atoms with Crippen LogP contribution in [0.1, 0.15) is 25.6 Å². The summed E-state index contributed by atoms with van der Waals surface area (Å²) in [5.41, 5.74) is 2.65. The maximum absolute atomic E-state index is 13.7. The van der Waals surface area contributed by atoms with Crippen molar-refractivity contribution in [2.75, 3.05) is 29.3 Å². The number of aromatic nitrogens is 2. The van der Waals surface area contributed by atoms with Crippen molar-refractivity contribution in [3.63, 3.8) is 0 Å². The predicted octanol–water partition coefficient (Wildman–Crippen LogP) is 4.64. The number of aryl methyl sites for hydroxylation is 1. The highest BCUT2D eigenvalue weighted by atomic mass is 32.2. The Labute approximate surface area is 219 Å². The van der Waals surface area contributed by atoms with E-state index in [4.69, 9.17) is 0 Å². The maximum atomic E-state index is 13.7. The summed E-state index contributed by atoms with van der Waals surface area (Å²) in [6, 6.07) is 12.8. The van der Waals surface area contributed by atoms with E-state index in [-0.39, 0.29) is 22.7 Å². The van der Waals surface area contributed by atoms with Crippen molar-refractivity contribution in [2.24, 2.45) is 0 Å². The van der Waals surface area contributed by atoms with Crippen molar-refractivity contribution in [1.29, 1.82) is 0 Å². The number of carbonyl (C=O) groups excluding carboxylic acids is 1. The zero-order valence-electron chi connectivity index (χ0n) is 20.8. The van der Waals surface area contributed by atoms with Crippen LogP contribution in [0.2, 0.25) is 0 Å². The predicted molar refractivity (Wildman–Crippen MR) is 144 cm³/mol. The Balaban J connectivity index is 1.27. The standard InChI is InChI=1S/C26H28FN5O3S2/c1-17-14-20-15-21(27)4-9-24(20)32(17)19(3)25(33)31-12-11-30(16-18(31)2)22-5-7-23(8-6-22)37(34,35)29-26-28-10-13-36-26/h4-10,13-15,18-19H,11-12,16H2,1-3H3,(H,28,29)/t18?,19-/m1/s1. The van der Waals surface area contributed by atoms with Crippen molar-refractivity contribution in [1.82, 2.24) is 14.5 Å². The van der Waals surface area contributed by atoms with Gasteiger partial charge >= 0.3 is 0 Å². The summed E-state index contributed by atoms with van der Waals surface area (Å²) in [6.07, 6.45) is 1.54. The number of amides is 1. The molecule has 3 heterocycles. The summed E-state index contributed by atoms with van der Waals surface area (Å²) in [5, 5.41) is 2.81. The van der Waals surface area contributed by atoms with Crippen LogP contribution in [0.4, 0.5) is 15.2 Å². The molecule has 4 aromatic rings. The van der Waals surface area contributed by atoms with Gasteiger partial charge in [-0.2, -0.15) is 0 Å². The van der Waals surface area contributed by atoms with E-state index in [1.807, 2.05) is 36.3 Å². The summed E-state index contributed by atoms with van der Waals surface area (Å²) in [7, 11) is -3.71. The van der Waals surface area contributed by atoms with Gasteiger partial charge in [-0.25, -0.2) is 17.8 Å². The van der Waals surface area contributed by atoms with Crippen LogP contribution in [0.15, 0.2) is 65.0 Å². The van der Waals surface area contributed by atoms with E-state index < -0.39 is 16.1 Å². The fraction of sp³-hybridized carbons (Fsp3) is 0.308. The largest absolute Gasteiger partial charge is 0.368 e. The molecule has 2 aromatic heterocycles. The Morgan fingerprint density at radius 2 is 1.92 bits per heavy atom. The number of benzene rings is 2. The van der Waals surface area contributed by atoms with Gasteiger partial charge in [0, 0.05) is 59.5 Å². The lowest BCUT2D eigenvalue weighted by Gasteiger charge is -2.42. The molecule has 11 heteroatoms. The second kappa shape index (κ2) is 9.79. The molecule has 0 saturated carbocycles. The van der Waals surface area contributed by atoms with Gasteiger partial charge in [0.05, 0.1) is 4.90 Å². The second-order valence-corrected chi connectivity index (χ2v) is 11.9. The van der Waals surface area contributed by atoms with Crippen LogP contribution in [0.25, 0.3) is 10.9 Å². The first-order chi connectivity index (χ1) is 17.6. The molecule has 0 spiro atoms. The molecule has 1 unspecified atom stereocenters. The topological polar surface area (TPSA) is 87.5 Å². The number of halogens is 1. The Hall–Kier alpha value is -3.44. The molecule has 0 aliphatic carbocycles. The molecule has 1 amide bonds. The molecule has 5 rings (SSSR count). The van der Waals surface area contributed by atoms with Crippen molar-refractivity contribution in [2.45, 2.75) is 37.8 Å². The molecule has 8 nitrogen and oxygen atoms in total. The van der Waals surface area contributed by atoms with E-state index in [0.29, 0.717) is 24.8 Å². The van der Waals surface area contributed by atoms with Crippen LogP contribution in [0.3, 0.4) is 0 Å². The SMILES string of the molecule is Cc1cc2cc(F)ccc2n1[C@H](C)C(=O)N1CCN(c2ccc(S(=O)(=O)Nc3nccs3)cc2)CC1C. The molecule has 1 saturated heterocycles. The monoisotopic (exact) mass is 541 g/mol. The summed E-state index contributed by atoms with van der Waals surface area (Å²) in [4.78, 5) is 21.7. The normalized spacial score (nSPS) is 17.2. The molecule has 0 bridgehead atoms. The summed E-state index contributed by atoms with van der Waals surface area (Å²) in [5.74, 6) is -0.276. The minimum Gasteiger partial charge on any atom is -0.368 e. The number of nitrogens with zero attached hydrogens (tertiary/aromatic N) is 4. The van der Waals surface area contributed by atoms with Gasteiger partial charge in [0.2, 0.25) is 5.91 Å². The van der Waals surface area contributed by atoms with Crippen LogP contribution < -0.4 is 9.62 Å². The van der Waals surface area contributed by atoms with Crippen molar-refractivity contribution in [3.8, 4) is 0 Å². The number of hydrogen-bond donors (Lipinski definition) is 1. The minimum atomic E-state index is -3.71. The fourth-order valence-electron chi connectivity index (χ4n) is 5.01. The average molecular weight is 542 g/mol. The number of thiazole rings is 1. The van der Waals surface area contributed by atoms with Crippen LogP contribution in [0.5, 0.6) is 0 Å². The molecule has 2 atom stereocenters. The number of nitrogens with one attached hydrogen (secondary N) is 1. The molecule has 194 valence electrons. The molecular weight excluding hydrogens is 513 g/mol. The van der Waals surface area contributed by atoms with Gasteiger partial charge in [-0.3, -0.25) is 9.52 Å². The first-order valence-electron chi connectivity index (χ1n) is 12.0. The summed E-state index contributed by atoms with van der Waals surface area (Å²) in [6.45, 7) is 7.63. The van der Waals surface area contributed by atoms with E-state index in [1.54, 1.807) is 41.9 Å². The highest BCUT2D eigenvalue weighted by molar-refractivity contribution is 7.93. The lowest BCUT2D eigenvalue weighted by atomic mass is 10.1. The van der Waals surface area contributed by atoms with Gasteiger partial charge in [0.25, 0.3) is 10.0 Å². The maximum Gasteiger partial charge on any atom is 0.263 e. The average Bonchev–Trinajstić information content (AvgIpc) is 3.49. The van der Waals surface area contributed by atoms with Crippen molar-refractivity contribution >= 4 is 49.0 Å². The summed E-state index contributed by atoms with van der Waals surface area (Å²) >= 11 is 1.22. The van der Waals surface area contributed by atoms with E-state index in [9.17, 15) is 17.6 Å². The number of carbonyl (C=O) groups is 1. The minimum absolute atomic E-state index is 0.0202. The number of anilines is 2. The van der Waals surface area contributed by atoms with Crippen molar-refractivity contribution in [3.05, 3.63) is 71.6 Å². The van der Waals surface area contributed by atoms with E-state index in [1.165, 1.54) is 23.5 Å². The van der Waals surface area contributed by atoms with Crippen LogP contribution >= 0.6 is 11.3 Å². The van der Waals surface area contributed by atoms with E-state index in [0.717, 1.165) is 22.3 Å². The van der Waals surface area contributed by atoms with Crippen LogP contribution in [-0.4, -0.2) is 54.5 Å². The lowest BCUT2D eigenvalue weighted by molar-refractivity contribution is -0.136. The number of sulfonamides is 1. The molecule has 2 aromatic carbocycles. The molecule has 1 aliphatic heterocycles. The lowest BCUT2D eigenvalue weighted by Crippen LogP contribution is -2.55. The van der Waals surface area contributed by atoms with Gasteiger partial charge in [0.15, 0.2) is 5.13 Å². The smallest absolute Gasteiger partial charge is 0.263 e. The third-order valence-electron chi connectivity index (χ3n) is 6.81. The van der Waals surface area contributed by atoms with Gasteiger partial charge in [-0.15, -0.1) is 11.3 Å². The molecule has 1 aliphatic rings. The van der Waals surface area contributed by atoms with E-state index >= 15 is 0 Å². The number of rotatable bonds is 6. The van der Waals surface area contributed by atoms with Gasteiger partial charge in [-0.1, -0.05) is 0 Å². The van der Waals surface area contributed by atoms with E-state index in [2.05, 4.69) is 14.6 Å². The zero-order valence-corrected chi connectivity index (χ0v) is 22.4. The molecule has 1 fully saturated rings. The van der Waals surface area contributed by atoms with Gasteiger partial charge in [-0.05, 0) is 69.3 Å². The highest BCUT2D eigenvalue weighted by Crippen LogP contribution is 2.28.